The fraction of sp³-hybridized carbons (Fsp3) is 0.579. The normalized spacial score (nSPS) is 22.0. The van der Waals surface area contributed by atoms with Gasteiger partial charge in [0.05, 0.1) is 5.92 Å². The van der Waals surface area contributed by atoms with Crippen LogP contribution in [0, 0.1) is 11.8 Å². The molecule has 0 aliphatic carbocycles. The van der Waals surface area contributed by atoms with Gasteiger partial charge < -0.3 is 14.7 Å². The minimum absolute atomic E-state index is 0.0491. The van der Waals surface area contributed by atoms with Gasteiger partial charge in [0.1, 0.15) is 5.75 Å². The Labute approximate surface area is 143 Å². The number of nitrogens with zero attached hydrogens (tertiary/aromatic N) is 1. The molecule has 5 heteroatoms. The molecule has 1 aliphatic heterocycles. The highest BCUT2D eigenvalue weighted by atomic mass is 16.5. The van der Waals surface area contributed by atoms with Gasteiger partial charge in [-0.2, -0.15) is 0 Å². The first-order chi connectivity index (χ1) is 11.4. The van der Waals surface area contributed by atoms with Crippen molar-refractivity contribution >= 4 is 11.9 Å². The maximum absolute atomic E-state index is 12.4. The minimum atomic E-state index is -0.831. The molecule has 1 N–H and O–H groups in total. The van der Waals surface area contributed by atoms with Gasteiger partial charge in [0.15, 0.2) is 6.61 Å². The van der Waals surface area contributed by atoms with Crippen LogP contribution < -0.4 is 4.74 Å². The van der Waals surface area contributed by atoms with Gasteiger partial charge >= 0.3 is 5.97 Å². The van der Waals surface area contributed by atoms with Crippen LogP contribution in [0.4, 0.5) is 0 Å². The van der Waals surface area contributed by atoms with E-state index in [1.807, 2.05) is 31.2 Å². The predicted octanol–water partition coefficient (Wildman–Crippen LogP) is 3.15. The van der Waals surface area contributed by atoms with E-state index >= 15 is 0 Å². The average Bonchev–Trinajstić information content (AvgIpc) is 2.58. The Morgan fingerprint density at radius 2 is 2.04 bits per heavy atom. The number of amides is 1. The van der Waals surface area contributed by atoms with Crippen molar-refractivity contribution in [3.8, 4) is 5.75 Å². The molecule has 0 saturated carbocycles. The number of piperidine rings is 1. The number of hydrogen-bond donors (Lipinski definition) is 1. The van der Waals surface area contributed by atoms with Crippen molar-refractivity contribution in [3.63, 3.8) is 0 Å². The minimum Gasteiger partial charge on any atom is -0.483 e. The second-order valence-electron chi connectivity index (χ2n) is 6.81. The highest BCUT2D eigenvalue weighted by Crippen LogP contribution is 2.28. The molecule has 5 nitrogen and oxygen atoms in total. The Balaban J connectivity index is 1.99. The Kier molecular flexibility index (Phi) is 6.23. The predicted molar refractivity (Wildman–Crippen MR) is 92.1 cm³/mol. The van der Waals surface area contributed by atoms with Gasteiger partial charge in [-0.1, -0.05) is 39.0 Å². The Morgan fingerprint density at radius 3 is 2.71 bits per heavy atom. The lowest BCUT2D eigenvalue weighted by Crippen LogP contribution is -2.47. The summed E-state index contributed by atoms with van der Waals surface area (Å²) in [6.07, 6.45) is 1.62. The van der Waals surface area contributed by atoms with Crippen molar-refractivity contribution in [2.75, 3.05) is 19.7 Å². The maximum atomic E-state index is 12.4. The standard InChI is InChI=1S/C19H27NO4/c1-4-14(3)16-7-5-6-8-17(16)24-12-18(21)20-10-13(2)9-15(11-20)19(22)23/h5-8,13-15H,4,9-12H2,1-3H3,(H,22,23). The smallest absolute Gasteiger partial charge is 0.308 e. The number of carbonyl (C=O) groups is 2. The second-order valence-corrected chi connectivity index (χ2v) is 6.81. The summed E-state index contributed by atoms with van der Waals surface area (Å²) >= 11 is 0. The summed E-state index contributed by atoms with van der Waals surface area (Å²) in [6, 6.07) is 7.78. The maximum Gasteiger partial charge on any atom is 0.308 e. The molecule has 0 aromatic heterocycles. The molecule has 0 bridgehead atoms. The summed E-state index contributed by atoms with van der Waals surface area (Å²) in [5, 5.41) is 9.22. The van der Waals surface area contributed by atoms with Gasteiger partial charge in [-0.25, -0.2) is 0 Å². The third-order valence-corrected chi connectivity index (χ3v) is 4.78. The van der Waals surface area contributed by atoms with Crippen molar-refractivity contribution in [1.29, 1.82) is 0 Å². The van der Waals surface area contributed by atoms with Crippen LogP contribution >= 0.6 is 0 Å². The van der Waals surface area contributed by atoms with E-state index in [1.165, 1.54) is 0 Å². The Bertz CT molecular complexity index is 586. The van der Waals surface area contributed by atoms with Crippen LogP contribution in [-0.2, 0) is 9.59 Å². The zero-order valence-electron chi connectivity index (χ0n) is 14.7. The molecule has 1 fully saturated rings. The van der Waals surface area contributed by atoms with Gasteiger partial charge in [-0.05, 0) is 36.3 Å². The number of carbonyl (C=O) groups excluding carboxylic acids is 1. The monoisotopic (exact) mass is 333 g/mol. The molecule has 2 rings (SSSR count). The molecular formula is C19H27NO4. The van der Waals surface area contributed by atoms with Crippen molar-refractivity contribution in [2.24, 2.45) is 11.8 Å². The zero-order chi connectivity index (χ0) is 17.7. The molecule has 24 heavy (non-hydrogen) atoms. The van der Waals surface area contributed by atoms with E-state index in [9.17, 15) is 14.7 Å². The van der Waals surface area contributed by atoms with E-state index < -0.39 is 11.9 Å². The third kappa shape index (κ3) is 4.49. The molecule has 3 unspecified atom stereocenters. The number of hydrogen-bond acceptors (Lipinski definition) is 3. The lowest BCUT2D eigenvalue weighted by molar-refractivity contribution is -0.147. The molecule has 0 radical (unpaired) electrons. The quantitative estimate of drug-likeness (QED) is 0.868. The average molecular weight is 333 g/mol. The largest absolute Gasteiger partial charge is 0.483 e. The molecule has 132 valence electrons. The van der Waals surface area contributed by atoms with Gasteiger partial charge in [0, 0.05) is 13.1 Å². The Morgan fingerprint density at radius 1 is 1.33 bits per heavy atom. The van der Waals surface area contributed by atoms with Crippen LogP contribution in [0.2, 0.25) is 0 Å². The number of benzene rings is 1. The molecule has 1 aromatic rings. The van der Waals surface area contributed by atoms with Crippen molar-refractivity contribution in [3.05, 3.63) is 29.8 Å². The zero-order valence-corrected chi connectivity index (χ0v) is 14.7. The molecule has 3 atom stereocenters. The molecule has 0 spiro atoms. The number of likely N-dealkylation sites (tertiary alicyclic amines) is 1. The first kappa shape index (κ1) is 18.3. The summed E-state index contributed by atoms with van der Waals surface area (Å²) in [5.41, 5.74) is 1.10. The molecule has 1 aliphatic rings. The number of carboxylic acids is 1. The molecule has 1 amide bonds. The topological polar surface area (TPSA) is 66.8 Å². The molecular weight excluding hydrogens is 306 g/mol. The number of para-hydroxylation sites is 1. The third-order valence-electron chi connectivity index (χ3n) is 4.78. The van der Waals surface area contributed by atoms with Crippen molar-refractivity contribution < 1.29 is 19.4 Å². The second kappa shape index (κ2) is 8.18. The van der Waals surface area contributed by atoms with Crippen LogP contribution in [0.5, 0.6) is 5.75 Å². The van der Waals surface area contributed by atoms with E-state index in [0.717, 1.165) is 17.7 Å². The Hall–Kier alpha value is -2.04. The van der Waals surface area contributed by atoms with Gasteiger partial charge in [0.2, 0.25) is 0 Å². The van der Waals surface area contributed by atoms with Gasteiger partial charge in [0.25, 0.3) is 5.91 Å². The van der Waals surface area contributed by atoms with E-state index in [1.54, 1.807) is 4.90 Å². The summed E-state index contributed by atoms with van der Waals surface area (Å²) < 4.78 is 5.77. The molecule has 1 aromatic carbocycles. The number of ether oxygens (including phenoxy) is 1. The summed E-state index contributed by atoms with van der Waals surface area (Å²) in [7, 11) is 0. The summed E-state index contributed by atoms with van der Waals surface area (Å²) in [6.45, 7) is 7.05. The first-order valence-corrected chi connectivity index (χ1v) is 8.64. The van der Waals surface area contributed by atoms with Crippen LogP contribution in [0.1, 0.15) is 45.1 Å². The lowest BCUT2D eigenvalue weighted by Gasteiger charge is -2.34. The number of carboxylic acid groups (broad SMARTS) is 1. The number of rotatable bonds is 6. The highest BCUT2D eigenvalue weighted by molar-refractivity contribution is 5.79. The van der Waals surface area contributed by atoms with Crippen LogP contribution in [0.25, 0.3) is 0 Å². The summed E-state index contributed by atoms with van der Waals surface area (Å²) in [5.74, 6) is -0.168. The van der Waals surface area contributed by atoms with Crippen molar-refractivity contribution in [1.82, 2.24) is 4.90 Å². The van der Waals surface area contributed by atoms with E-state index in [2.05, 4.69) is 13.8 Å². The van der Waals surface area contributed by atoms with Gasteiger partial charge in [-0.3, -0.25) is 9.59 Å². The van der Waals surface area contributed by atoms with Gasteiger partial charge in [-0.15, -0.1) is 0 Å². The van der Waals surface area contributed by atoms with E-state index in [4.69, 9.17) is 4.74 Å². The van der Waals surface area contributed by atoms with E-state index in [-0.39, 0.29) is 25.0 Å². The SMILES string of the molecule is CCC(C)c1ccccc1OCC(=O)N1CC(C)CC(C(=O)O)C1. The van der Waals surface area contributed by atoms with Crippen molar-refractivity contribution in [2.45, 2.75) is 39.5 Å². The summed E-state index contributed by atoms with van der Waals surface area (Å²) in [4.78, 5) is 25.3. The molecule has 1 heterocycles. The van der Waals surface area contributed by atoms with Crippen LogP contribution in [0.3, 0.4) is 0 Å². The van der Waals surface area contributed by atoms with E-state index in [0.29, 0.717) is 18.9 Å². The fourth-order valence-electron chi connectivity index (χ4n) is 3.20. The first-order valence-electron chi connectivity index (χ1n) is 8.64. The lowest BCUT2D eigenvalue weighted by atomic mass is 9.90. The molecule has 1 saturated heterocycles. The number of aliphatic carboxylic acids is 1. The highest BCUT2D eigenvalue weighted by Gasteiger charge is 2.32. The van der Waals surface area contributed by atoms with Crippen LogP contribution in [0.15, 0.2) is 24.3 Å². The van der Waals surface area contributed by atoms with Crippen LogP contribution in [-0.4, -0.2) is 41.6 Å². The fourth-order valence-corrected chi connectivity index (χ4v) is 3.20.